The number of rotatable bonds is 6. The minimum absolute atomic E-state index is 0.0605. The zero-order chi connectivity index (χ0) is 21.1. The van der Waals surface area contributed by atoms with Gasteiger partial charge in [0.1, 0.15) is 5.60 Å². The largest absolute Gasteiger partial charge is 0.478 e. The molecule has 0 saturated carbocycles. The van der Waals surface area contributed by atoms with Gasteiger partial charge in [-0.05, 0) is 63.8 Å². The van der Waals surface area contributed by atoms with Gasteiger partial charge in [0, 0.05) is 19.5 Å². The predicted octanol–water partition coefficient (Wildman–Crippen LogP) is 4.35. The highest BCUT2D eigenvalue weighted by Gasteiger charge is 2.35. The monoisotopic (exact) mass is 401 g/mol. The highest BCUT2D eigenvalue weighted by molar-refractivity contribution is 5.88. The molecule has 1 aliphatic heterocycles. The molecular weight excluding hydrogens is 375 g/mol. The van der Waals surface area contributed by atoms with E-state index in [-0.39, 0.29) is 36.0 Å². The topological polar surface area (TPSA) is 66.8 Å². The van der Waals surface area contributed by atoms with Gasteiger partial charge in [0.25, 0.3) is 0 Å². The first-order chi connectivity index (χ1) is 12.8. The Bertz CT molecular complexity index is 725. The number of aromatic carboxylic acids is 1. The van der Waals surface area contributed by atoms with E-state index in [1.807, 2.05) is 4.90 Å². The van der Waals surface area contributed by atoms with Crippen molar-refractivity contribution in [2.24, 2.45) is 5.92 Å². The van der Waals surface area contributed by atoms with E-state index in [0.717, 1.165) is 6.42 Å². The normalized spacial score (nSPS) is 18.3. The van der Waals surface area contributed by atoms with Crippen LogP contribution in [0.3, 0.4) is 0 Å². The number of carbonyl (C=O) groups excluding carboxylic acids is 1. The van der Waals surface area contributed by atoms with Crippen LogP contribution in [0.5, 0.6) is 0 Å². The number of carboxylic acid groups (broad SMARTS) is 1. The summed E-state index contributed by atoms with van der Waals surface area (Å²) in [5, 5.41) is 8.94. The maximum Gasteiger partial charge on any atom is 0.416 e. The summed E-state index contributed by atoms with van der Waals surface area (Å²) in [6.45, 7) is 6.73. The molecule has 2 rings (SSSR count). The molecule has 1 aromatic carbocycles. The van der Waals surface area contributed by atoms with Crippen LogP contribution in [-0.2, 0) is 22.3 Å². The molecule has 0 bridgehead atoms. The second-order valence-corrected chi connectivity index (χ2v) is 8.19. The molecule has 28 heavy (non-hydrogen) atoms. The average Bonchev–Trinajstić information content (AvgIpc) is 2.98. The van der Waals surface area contributed by atoms with E-state index >= 15 is 0 Å². The first-order valence-electron chi connectivity index (χ1n) is 9.23. The molecule has 1 fully saturated rings. The number of ether oxygens (including phenoxy) is 1. The first kappa shape index (κ1) is 22.2. The summed E-state index contributed by atoms with van der Waals surface area (Å²) in [5.41, 5.74) is -1.77. The fourth-order valence-corrected chi connectivity index (χ4v) is 3.36. The van der Waals surface area contributed by atoms with E-state index < -0.39 is 23.3 Å². The van der Waals surface area contributed by atoms with Crippen molar-refractivity contribution in [1.29, 1.82) is 0 Å². The smallest absolute Gasteiger partial charge is 0.416 e. The van der Waals surface area contributed by atoms with E-state index in [2.05, 4.69) is 0 Å². The van der Waals surface area contributed by atoms with Crippen molar-refractivity contribution in [2.75, 3.05) is 13.1 Å². The van der Waals surface area contributed by atoms with E-state index in [9.17, 15) is 22.8 Å². The van der Waals surface area contributed by atoms with E-state index in [4.69, 9.17) is 9.84 Å². The number of esters is 1. The average molecular weight is 401 g/mol. The SMILES string of the molecule is CC(C)(C)OC(=O)CC[C@@H]1CCN(Cc2ccc(C(=O)O)cc2C(F)(F)F)C1. The van der Waals surface area contributed by atoms with Crippen LogP contribution in [0, 0.1) is 5.92 Å². The van der Waals surface area contributed by atoms with Crippen LogP contribution in [0.4, 0.5) is 13.2 Å². The number of hydrogen-bond acceptors (Lipinski definition) is 4. The summed E-state index contributed by atoms with van der Waals surface area (Å²) in [4.78, 5) is 24.7. The highest BCUT2D eigenvalue weighted by Crippen LogP contribution is 2.34. The van der Waals surface area contributed by atoms with Crippen LogP contribution in [0.25, 0.3) is 0 Å². The molecule has 0 aliphatic carbocycles. The Morgan fingerprint density at radius 3 is 2.50 bits per heavy atom. The van der Waals surface area contributed by atoms with Gasteiger partial charge in [0.2, 0.25) is 0 Å². The summed E-state index contributed by atoms with van der Waals surface area (Å²) in [6.07, 6.45) is -2.89. The fraction of sp³-hybridized carbons (Fsp3) is 0.600. The molecule has 0 aromatic heterocycles. The molecule has 1 heterocycles. The van der Waals surface area contributed by atoms with E-state index in [1.165, 1.54) is 12.1 Å². The maximum atomic E-state index is 13.3. The van der Waals surface area contributed by atoms with Crippen LogP contribution in [-0.4, -0.2) is 40.6 Å². The molecule has 1 saturated heterocycles. The van der Waals surface area contributed by atoms with Crippen LogP contribution >= 0.6 is 0 Å². The fourth-order valence-electron chi connectivity index (χ4n) is 3.36. The Hall–Kier alpha value is -2.09. The predicted molar refractivity (Wildman–Crippen MR) is 96.9 cm³/mol. The van der Waals surface area contributed by atoms with Crippen LogP contribution in [0.1, 0.15) is 61.5 Å². The number of likely N-dealkylation sites (tertiary alicyclic amines) is 1. The lowest BCUT2D eigenvalue weighted by molar-refractivity contribution is -0.155. The van der Waals surface area contributed by atoms with Gasteiger partial charge in [-0.2, -0.15) is 13.2 Å². The number of halogens is 3. The lowest BCUT2D eigenvalue weighted by atomic mass is 10.0. The third-order valence-corrected chi connectivity index (χ3v) is 4.60. The van der Waals surface area contributed by atoms with E-state index in [0.29, 0.717) is 25.6 Å². The standard InChI is InChI=1S/C20H26F3NO4/c1-19(2,3)28-17(25)7-4-13-8-9-24(11-13)12-15-6-5-14(18(26)27)10-16(15)20(21,22)23/h5-6,10,13H,4,7-9,11-12H2,1-3H3,(H,26,27)/t13-/m1/s1. The molecule has 1 N–H and O–H groups in total. The molecule has 156 valence electrons. The number of hydrogen-bond donors (Lipinski definition) is 1. The van der Waals surface area contributed by atoms with Gasteiger partial charge >= 0.3 is 18.1 Å². The van der Waals surface area contributed by atoms with Gasteiger partial charge < -0.3 is 9.84 Å². The van der Waals surface area contributed by atoms with Gasteiger partial charge in [-0.15, -0.1) is 0 Å². The quantitative estimate of drug-likeness (QED) is 0.718. The molecule has 0 amide bonds. The molecule has 8 heteroatoms. The van der Waals surface area contributed by atoms with Crippen molar-refractivity contribution in [3.8, 4) is 0 Å². The minimum Gasteiger partial charge on any atom is -0.478 e. The van der Waals surface area contributed by atoms with Gasteiger partial charge in [-0.3, -0.25) is 9.69 Å². The zero-order valence-corrected chi connectivity index (χ0v) is 16.3. The van der Waals surface area contributed by atoms with Gasteiger partial charge in [-0.25, -0.2) is 4.79 Å². The third kappa shape index (κ3) is 6.51. The summed E-state index contributed by atoms with van der Waals surface area (Å²) in [5.74, 6) is -1.44. The molecular formula is C20H26F3NO4. The van der Waals surface area contributed by atoms with Crippen LogP contribution in [0.2, 0.25) is 0 Å². The summed E-state index contributed by atoms with van der Waals surface area (Å²) < 4.78 is 45.3. The molecule has 5 nitrogen and oxygen atoms in total. The van der Waals surface area contributed by atoms with Gasteiger partial charge in [0.05, 0.1) is 11.1 Å². The second kappa shape index (κ2) is 8.51. The summed E-state index contributed by atoms with van der Waals surface area (Å²) >= 11 is 0. The molecule has 1 aromatic rings. The number of alkyl halides is 3. The Labute approximate surface area is 162 Å². The third-order valence-electron chi connectivity index (χ3n) is 4.60. The van der Waals surface area contributed by atoms with Crippen molar-refractivity contribution in [1.82, 2.24) is 4.90 Å². The summed E-state index contributed by atoms with van der Waals surface area (Å²) in [6, 6.07) is 3.12. The van der Waals surface area contributed by atoms with Crippen molar-refractivity contribution < 1.29 is 32.6 Å². The Morgan fingerprint density at radius 2 is 1.93 bits per heavy atom. The van der Waals surface area contributed by atoms with Crippen molar-refractivity contribution in [3.05, 3.63) is 34.9 Å². The first-order valence-corrected chi connectivity index (χ1v) is 9.23. The Morgan fingerprint density at radius 1 is 1.25 bits per heavy atom. The van der Waals surface area contributed by atoms with Crippen molar-refractivity contribution >= 4 is 11.9 Å². The zero-order valence-electron chi connectivity index (χ0n) is 16.3. The highest BCUT2D eigenvalue weighted by atomic mass is 19.4. The van der Waals surface area contributed by atoms with Crippen LogP contribution < -0.4 is 0 Å². The number of nitrogens with zero attached hydrogens (tertiary/aromatic N) is 1. The molecule has 1 atom stereocenters. The molecule has 0 unspecified atom stereocenters. The number of carboxylic acids is 1. The van der Waals surface area contributed by atoms with Crippen LogP contribution in [0.15, 0.2) is 18.2 Å². The number of benzene rings is 1. The van der Waals surface area contributed by atoms with E-state index in [1.54, 1.807) is 20.8 Å². The van der Waals surface area contributed by atoms with Crippen molar-refractivity contribution in [3.63, 3.8) is 0 Å². The molecule has 0 spiro atoms. The minimum atomic E-state index is -4.61. The van der Waals surface area contributed by atoms with Crippen molar-refractivity contribution in [2.45, 2.75) is 58.4 Å². The number of carbonyl (C=O) groups is 2. The van der Waals surface area contributed by atoms with Gasteiger partial charge in [-0.1, -0.05) is 6.07 Å². The molecule has 0 radical (unpaired) electrons. The lowest BCUT2D eigenvalue weighted by Gasteiger charge is -2.21. The van der Waals surface area contributed by atoms with Gasteiger partial charge in [0.15, 0.2) is 0 Å². The summed E-state index contributed by atoms with van der Waals surface area (Å²) in [7, 11) is 0. The maximum absolute atomic E-state index is 13.3. The Kier molecular flexibility index (Phi) is 6.75. The Balaban J connectivity index is 1.96. The lowest BCUT2D eigenvalue weighted by Crippen LogP contribution is -2.25. The molecule has 1 aliphatic rings. The second-order valence-electron chi connectivity index (χ2n) is 8.19.